The van der Waals surface area contributed by atoms with Gasteiger partial charge < -0.3 is 15.4 Å². The van der Waals surface area contributed by atoms with E-state index < -0.39 is 29.4 Å². The molecule has 0 radical (unpaired) electrons. The fraction of sp³-hybridized carbons (Fsp3) is 0.320. The smallest absolute Gasteiger partial charge is 0.434 e. The first-order chi connectivity index (χ1) is 16.6. The summed E-state index contributed by atoms with van der Waals surface area (Å²) in [4.78, 5) is 24.6. The van der Waals surface area contributed by atoms with Crippen LogP contribution in [0.25, 0.3) is 5.69 Å². The van der Waals surface area contributed by atoms with E-state index in [2.05, 4.69) is 15.7 Å². The topological polar surface area (TPSA) is 85.2 Å². The lowest BCUT2D eigenvalue weighted by Gasteiger charge is -2.17. The summed E-state index contributed by atoms with van der Waals surface area (Å²) in [6.45, 7) is 3.23. The molecular weight excluding hydrogens is 461 g/mol. The monoisotopic (exact) mass is 486 g/mol. The number of nitrogens with zero attached hydrogens (tertiary/aromatic N) is 2. The first-order valence-electron chi connectivity index (χ1n) is 11.2. The van der Waals surface area contributed by atoms with Crippen LogP contribution in [0.4, 0.5) is 13.2 Å². The Morgan fingerprint density at radius 3 is 2.46 bits per heavy atom. The minimum atomic E-state index is -4.79. The van der Waals surface area contributed by atoms with Gasteiger partial charge in [0.05, 0.1) is 23.5 Å². The van der Waals surface area contributed by atoms with E-state index in [0.29, 0.717) is 16.9 Å². The third-order valence-electron chi connectivity index (χ3n) is 5.67. The molecule has 2 aromatic carbocycles. The average molecular weight is 486 g/mol. The first-order valence-corrected chi connectivity index (χ1v) is 11.2. The first kappa shape index (κ1) is 24.3. The van der Waals surface area contributed by atoms with Crippen molar-refractivity contribution in [1.29, 1.82) is 0 Å². The number of carbonyl (C=O) groups excluding carboxylic acids is 2. The molecule has 4 rings (SSSR count). The van der Waals surface area contributed by atoms with Gasteiger partial charge in [0.15, 0.2) is 12.3 Å². The molecule has 10 heteroatoms. The lowest BCUT2D eigenvalue weighted by molar-refractivity contribution is -0.143. The highest BCUT2D eigenvalue weighted by Gasteiger charge is 2.41. The molecule has 1 aliphatic rings. The van der Waals surface area contributed by atoms with E-state index in [-0.39, 0.29) is 24.2 Å². The molecule has 3 aromatic rings. The summed E-state index contributed by atoms with van der Waals surface area (Å²) in [7, 11) is 0. The van der Waals surface area contributed by atoms with Crippen LogP contribution in [-0.2, 0) is 11.0 Å². The standard InChI is InChI=1S/C25H25F3N4O3/c1-15-5-3-4-6-21(15)32-23(25(26,27)28)20(13-29-32)24(34)30-16(2)17-7-11-19(12-8-17)35-14-22(33)31-18-9-10-18/h3-8,11-13,16,18H,9-10,14H2,1-2H3,(H,30,34)(H,31,33). The second-order valence-electron chi connectivity index (χ2n) is 8.50. The number of halogens is 3. The predicted octanol–water partition coefficient (Wildman–Crippen LogP) is 4.35. The summed E-state index contributed by atoms with van der Waals surface area (Å²) >= 11 is 0. The largest absolute Gasteiger partial charge is 0.484 e. The van der Waals surface area contributed by atoms with E-state index in [9.17, 15) is 22.8 Å². The molecule has 1 aliphatic carbocycles. The van der Waals surface area contributed by atoms with E-state index in [4.69, 9.17) is 4.74 Å². The molecule has 0 spiro atoms. The molecular formula is C25H25F3N4O3. The van der Waals surface area contributed by atoms with Gasteiger partial charge in [-0.15, -0.1) is 0 Å². The second kappa shape index (κ2) is 9.81. The molecule has 1 atom stereocenters. The zero-order valence-electron chi connectivity index (χ0n) is 19.2. The van der Waals surface area contributed by atoms with Crippen molar-refractivity contribution < 1.29 is 27.5 Å². The Bertz CT molecular complexity index is 1220. The average Bonchev–Trinajstić information content (AvgIpc) is 3.50. The van der Waals surface area contributed by atoms with Gasteiger partial charge >= 0.3 is 6.18 Å². The number of aryl methyl sites for hydroxylation is 1. The highest BCUT2D eigenvalue weighted by Crippen LogP contribution is 2.34. The Morgan fingerprint density at radius 2 is 1.83 bits per heavy atom. The molecule has 1 unspecified atom stereocenters. The van der Waals surface area contributed by atoms with Crippen LogP contribution < -0.4 is 15.4 Å². The van der Waals surface area contributed by atoms with Crippen LogP contribution in [0, 0.1) is 6.92 Å². The minimum absolute atomic E-state index is 0.104. The zero-order chi connectivity index (χ0) is 25.2. The Labute approximate surface area is 200 Å². The van der Waals surface area contributed by atoms with Crippen molar-refractivity contribution in [3.8, 4) is 11.4 Å². The predicted molar refractivity (Wildman–Crippen MR) is 122 cm³/mol. The van der Waals surface area contributed by atoms with Gasteiger partial charge in [-0.1, -0.05) is 30.3 Å². The molecule has 35 heavy (non-hydrogen) atoms. The molecule has 1 heterocycles. The van der Waals surface area contributed by atoms with Gasteiger partial charge in [0, 0.05) is 6.04 Å². The SMILES string of the molecule is Cc1ccccc1-n1ncc(C(=O)NC(C)c2ccc(OCC(=O)NC3CC3)cc2)c1C(F)(F)F. The lowest BCUT2D eigenvalue weighted by atomic mass is 10.1. The molecule has 0 aliphatic heterocycles. The highest BCUT2D eigenvalue weighted by molar-refractivity contribution is 5.95. The highest BCUT2D eigenvalue weighted by atomic mass is 19.4. The fourth-order valence-electron chi connectivity index (χ4n) is 3.63. The molecule has 184 valence electrons. The number of nitrogens with one attached hydrogen (secondary N) is 2. The Kier molecular flexibility index (Phi) is 6.81. The summed E-state index contributed by atoms with van der Waals surface area (Å²) in [5, 5.41) is 9.30. The van der Waals surface area contributed by atoms with Crippen molar-refractivity contribution in [2.45, 2.75) is 44.9 Å². The van der Waals surface area contributed by atoms with Gasteiger partial charge in [-0.3, -0.25) is 9.59 Å². The lowest BCUT2D eigenvalue weighted by Crippen LogP contribution is -2.30. The molecule has 2 N–H and O–H groups in total. The molecule has 0 bridgehead atoms. The van der Waals surface area contributed by atoms with Crippen molar-refractivity contribution in [3.05, 3.63) is 77.1 Å². The van der Waals surface area contributed by atoms with Crippen LogP contribution in [-0.4, -0.2) is 34.2 Å². The van der Waals surface area contributed by atoms with Crippen LogP contribution in [0.5, 0.6) is 5.75 Å². The maximum atomic E-state index is 13.9. The normalized spacial score (nSPS) is 14.3. The summed E-state index contributed by atoms with van der Waals surface area (Å²) < 4.78 is 48.0. The number of para-hydroxylation sites is 1. The van der Waals surface area contributed by atoms with Gasteiger partial charge in [0.1, 0.15) is 5.75 Å². The second-order valence-corrected chi connectivity index (χ2v) is 8.50. The number of hydrogen-bond acceptors (Lipinski definition) is 4. The maximum Gasteiger partial charge on any atom is 0.434 e. The van der Waals surface area contributed by atoms with E-state index in [1.807, 2.05) is 0 Å². The molecule has 7 nitrogen and oxygen atoms in total. The quantitative estimate of drug-likeness (QED) is 0.496. The summed E-state index contributed by atoms with van der Waals surface area (Å²) in [5.74, 6) is -0.609. The van der Waals surface area contributed by atoms with Gasteiger partial charge in [-0.05, 0) is 56.0 Å². The van der Waals surface area contributed by atoms with Gasteiger partial charge in [-0.25, -0.2) is 4.68 Å². The number of rotatable bonds is 8. The number of alkyl halides is 3. The van der Waals surface area contributed by atoms with Crippen molar-refractivity contribution in [2.75, 3.05) is 6.61 Å². The number of ether oxygens (including phenoxy) is 1. The van der Waals surface area contributed by atoms with E-state index in [0.717, 1.165) is 23.7 Å². The molecule has 0 saturated heterocycles. The van der Waals surface area contributed by atoms with Crippen molar-refractivity contribution in [2.24, 2.45) is 0 Å². The number of benzene rings is 2. The maximum absolute atomic E-state index is 13.9. The molecule has 1 fully saturated rings. The van der Waals surface area contributed by atoms with Crippen molar-refractivity contribution in [1.82, 2.24) is 20.4 Å². The summed E-state index contributed by atoms with van der Waals surface area (Å²) in [6, 6.07) is 12.8. The van der Waals surface area contributed by atoms with Crippen LogP contribution in [0.2, 0.25) is 0 Å². The number of hydrogen-bond donors (Lipinski definition) is 2. The van der Waals surface area contributed by atoms with E-state index in [1.165, 1.54) is 6.07 Å². The van der Waals surface area contributed by atoms with E-state index in [1.54, 1.807) is 56.3 Å². The van der Waals surface area contributed by atoms with Gasteiger partial charge in [0.25, 0.3) is 11.8 Å². The summed E-state index contributed by atoms with van der Waals surface area (Å²) in [5.41, 5.74) is -0.200. The molecule has 1 saturated carbocycles. The van der Waals surface area contributed by atoms with Crippen molar-refractivity contribution in [3.63, 3.8) is 0 Å². The Balaban J connectivity index is 1.45. The Morgan fingerprint density at radius 1 is 1.14 bits per heavy atom. The zero-order valence-corrected chi connectivity index (χ0v) is 19.2. The van der Waals surface area contributed by atoms with Crippen LogP contribution in [0.3, 0.4) is 0 Å². The minimum Gasteiger partial charge on any atom is -0.484 e. The summed E-state index contributed by atoms with van der Waals surface area (Å²) in [6.07, 6.45) is -1.89. The number of carbonyl (C=O) groups is 2. The third kappa shape index (κ3) is 5.82. The van der Waals surface area contributed by atoms with Crippen molar-refractivity contribution >= 4 is 11.8 Å². The number of aromatic nitrogens is 2. The third-order valence-corrected chi connectivity index (χ3v) is 5.67. The van der Waals surface area contributed by atoms with E-state index >= 15 is 0 Å². The molecule has 2 amide bonds. The van der Waals surface area contributed by atoms with Crippen LogP contribution >= 0.6 is 0 Å². The van der Waals surface area contributed by atoms with Gasteiger partial charge in [-0.2, -0.15) is 18.3 Å². The Hall–Kier alpha value is -3.82. The van der Waals surface area contributed by atoms with Gasteiger partial charge in [0.2, 0.25) is 0 Å². The number of amides is 2. The molecule has 1 aromatic heterocycles. The fourth-order valence-corrected chi connectivity index (χ4v) is 3.63. The van der Waals surface area contributed by atoms with Crippen LogP contribution in [0.1, 0.15) is 53.0 Å². The van der Waals surface area contributed by atoms with Crippen LogP contribution in [0.15, 0.2) is 54.7 Å².